The van der Waals surface area contributed by atoms with Crippen LogP contribution in [0.1, 0.15) is 33.1 Å². The highest BCUT2D eigenvalue weighted by molar-refractivity contribution is 4.88. The van der Waals surface area contributed by atoms with Crippen molar-refractivity contribution in [2.45, 2.75) is 45.3 Å². The van der Waals surface area contributed by atoms with Gasteiger partial charge >= 0.3 is 0 Å². The molecular formula is C12H22N2O. The zero-order valence-electron chi connectivity index (χ0n) is 9.99. The summed E-state index contributed by atoms with van der Waals surface area (Å²) in [6.07, 6.45) is 3.90. The number of likely N-dealkylation sites (N-methyl/N-ethyl adjacent to an activating group) is 1. The van der Waals surface area contributed by atoms with Crippen LogP contribution in [-0.2, 0) is 4.74 Å². The van der Waals surface area contributed by atoms with Gasteiger partial charge in [0.05, 0.1) is 18.8 Å². The molecule has 0 amide bonds. The summed E-state index contributed by atoms with van der Waals surface area (Å²) in [5.74, 6) is 1.57. The Bertz CT molecular complexity index is 224. The molecule has 0 aliphatic heterocycles. The third-order valence-electron chi connectivity index (χ3n) is 3.55. The van der Waals surface area contributed by atoms with Crippen molar-refractivity contribution >= 4 is 0 Å². The fourth-order valence-corrected chi connectivity index (χ4v) is 2.07. The Morgan fingerprint density at radius 1 is 1.40 bits per heavy atom. The molecule has 1 fully saturated rings. The molecule has 3 heteroatoms. The van der Waals surface area contributed by atoms with Crippen LogP contribution in [0.4, 0.5) is 0 Å². The Morgan fingerprint density at radius 3 is 2.67 bits per heavy atom. The van der Waals surface area contributed by atoms with Gasteiger partial charge in [0.15, 0.2) is 0 Å². The van der Waals surface area contributed by atoms with E-state index in [1.54, 1.807) is 7.05 Å². The summed E-state index contributed by atoms with van der Waals surface area (Å²) in [7, 11) is 1.79. The molecular weight excluding hydrogens is 188 g/mol. The molecule has 0 radical (unpaired) electrons. The van der Waals surface area contributed by atoms with E-state index in [-0.39, 0.29) is 6.04 Å². The second-order valence-electron chi connectivity index (χ2n) is 4.69. The summed E-state index contributed by atoms with van der Waals surface area (Å²) in [4.78, 5) is 0. The van der Waals surface area contributed by atoms with Crippen LogP contribution in [0, 0.1) is 23.2 Å². The summed E-state index contributed by atoms with van der Waals surface area (Å²) in [5, 5.41) is 11.7. The summed E-state index contributed by atoms with van der Waals surface area (Å²) >= 11 is 0. The Labute approximate surface area is 92.8 Å². The molecule has 1 N–H and O–H groups in total. The Hall–Kier alpha value is -0.590. The lowest BCUT2D eigenvalue weighted by molar-refractivity contribution is -0.00122. The molecule has 0 spiro atoms. The highest BCUT2D eigenvalue weighted by atomic mass is 16.5. The lowest BCUT2D eigenvalue weighted by atomic mass is 9.80. The number of hydrogen-bond donors (Lipinski definition) is 1. The molecule has 0 bridgehead atoms. The van der Waals surface area contributed by atoms with Gasteiger partial charge in [0, 0.05) is 0 Å². The van der Waals surface area contributed by atoms with E-state index < -0.39 is 0 Å². The van der Waals surface area contributed by atoms with Gasteiger partial charge in [0.1, 0.15) is 6.04 Å². The zero-order chi connectivity index (χ0) is 11.3. The number of nitrogens with zero attached hydrogens (tertiary/aromatic N) is 1. The molecule has 0 aromatic carbocycles. The Kier molecular flexibility index (Phi) is 5.07. The van der Waals surface area contributed by atoms with E-state index in [1.165, 1.54) is 6.42 Å². The van der Waals surface area contributed by atoms with E-state index in [4.69, 9.17) is 10.00 Å². The second kappa shape index (κ2) is 6.09. The van der Waals surface area contributed by atoms with E-state index in [1.807, 2.05) is 0 Å². The summed E-state index contributed by atoms with van der Waals surface area (Å²) in [6, 6.07) is 2.01. The maximum atomic E-state index is 8.76. The summed E-state index contributed by atoms with van der Waals surface area (Å²) in [5.41, 5.74) is 0. The minimum Gasteiger partial charge on any atom is -0.375 e. The first-order chi connectivity index (χ1) is 7.17. The van der Waals surface area contributed by atoms with Gasteiger partial charge in [-0.25, -0.2) is 0 Å². The Balaban J connectivity index is 2.25. The molecule has 1 rings (SSSR count). The van der Waals surface area contributed by atoms with Gasteiger partial charge in [-0.05, 0) is 38.1 Å². The minimum absolute atomic E-state index is 0.167. The van der Waals surface area contributed by atoms with E-state index in [2.05, 4.69) is 25.2 Å². The first kappa shape index (κ1) is 12.5. The molecule has 1 aliphatic carbocycles. The third kappa shape index (κ3) is 3.81. The Morgan fingerprint density at radius 2 is 2.13 bits per heavy atom. The number of rotatable bonds is 4. The predicted molar refractivity (Wildman–Crippen MR) is 60.4 cm³/mol. The number of ether oxygens (including phenoxy) is 1. The standard InChI is InChI=1S/C12H22N2O/c1-9-4-5-12(6-10(9)2)15-8-11(7-13)14-3/h9-12,14H,4-6,8H2,1-3H3. The molecule has 3 nitrogen and oxygen atoms in total. The number of nitriles is 1. The van der Waals surface area contributed by atoms with Crippen LogP contribution in [0.5, 0.6) is 0 Å². The van der Waals surface area contributed by atoms with Crippen LogP contribution in [0.3, 0.4) is 0 Å². The van der Waals surface area contributed by atoms with Crippen LogP contribution < -0.4 is 5.32 Å². The van der Waals surface area contributed by atoms with E-state index >= 15 is 0 Å². The molecule has 15 heavy (non-hydrogen) atoms. The van der Waals surface area contributed by atoms with Crippen LogP contribution in [0.15, 0.2) is 0 Å². The molecule has 4 atom stereocenters. The number of nitrogens with one attached hydrogen (secondary N) is 1. The van der Waals surface area contributed by atoms with E-state index in [9.17, 15) is 0 Å². The molecule has 1 saturated carbocycles. The molecule has 0 aromatic heterocycles. The number of hydrogen-bond acceptors (Lipinski definition) is 3. The van der Waals surface area contributed by atoms with Crippen molar-refractivity contribution in [3.05, 3.63) is 0 Å². The van der Waals surface area contributed by atoms with Crippen molar-refractivity contribution in [2.24, 2.45) is 11.8 Å². The summed E-state index contributed by atoms with van der Waals surface area (Å²) < 4.78 is 5.76. The minimum atomic E-state index is -0.167. The first-order valence-corrected chi connectivity index (χ1v) is 5.85. The van der Waals surface area contributed by atoms with Crippen molar-refractivity contribution in [3.63, 3.8) is 0 Å². The monoisotopic (exact) mass is 210 g/mol. The highest BCUT2D eigenvalue weighted by Crippen LogP contribution is 2.30. The maximum absolute atomic E-state index is 8.76. The van der Waals surface area contributed by atoms with Crippen molar-refractivity contribution < 1.29 is 4.74 Å². The van der Waals surface area contributed by atoms with Crippen LogP contribution in [0.2, 0.25) is 0 Å². The fourth-order valence-electron chi connectivity index (χ4n) is 2.07. The van der Waals surface area contributed by atoms with Gasteiger partial charge in [-0.3, -0.25) is 0 Å². The molecule has 0 saturated heterocycles. The van der Waals surface area contributed by atoms with Crippen molar-refractivity contribution in [3.8, 4) is 6.07 Å². The second-order valence-corrected chi connectivity index (χ2v) is 4.69. The predicted octanol–water partition coefficient (Wildman–Crippen LogP) is 1.94. The van der Waals surface area contributed by atoms with E-state index in [0.717, 1.165) is 24.7 Å². The van der Waals surface area contributed by atoms with Crippen molar-refractivity contribution in [1.29, 1.82) is 5.26 Å². The molecule has 4 unspecified atom stereocenters. The van der Waals surface area contributed by atoms with Gasteiger partial charge in [-0.1, -0.05) is 13.8 Å². The average molecular weight is 210 g/mol. The van der Waals surface area contributed by atoms with Crippen molar-refractivity contribution in [2.75, 3.05) is 13.7 Å². The smallest absolute Gasteiger partial charge is 0.119 e. The van der Waals surface area contributed by atoms with Gasteiger partial charge < -0.3 is 10.1 Å². The lowest BCUT2D eigenvalue weighted by Crippen LogP contribution is -2.33. The summed E-state index contributed by atoms with van der Waals surface area (Å²) in [6.45, 7) is 5.12. The maximum Gasteiger partial charge on any atom is 0.119 e. The topological polar surface area (TPSA) is 45.0 Å². The first-order valence-electron chi connectivity index (χ1n) is 5.85. The zero-order valence-corrected chi connectivity index (χ0v) is 9.99. The quantitative estimate of drug-likeness (QED) is 0.771. The molecule has 1 aliphatic rings. The van der Waals surface area contributed by atoms with E-state index in [0.29, 0.717) is 12.7 Å². The lowest BCUT2D eigenvalue weighted by Gasteiger charge is -2.32. The normalized spacial score (nSPS) is 33.3. The van der Waals surface area contributed by atoms with Crippen LogP contribution >= 0.6 is 0 Å². The fraction of sp³-hybridized carbons (Fsp3) is 0.917. The van der Waals surface area contributed by atoms with Crippen molar-refractivity contribution in [1.82, 2.24) is 5.32 Å². The largest absolute Gasteiger partial charge is 0.375 e. The van der Waals surface area contributed by atoms with Crippen LogP contribution in [0.25, 0.3) is 0 Å². The van der Waals surface area contributed by atoms with Gasteiger partial charge in [-0.15, -0.1) is 0 Å². The average Bonchev–Trinajstić information content (AvgIpc) is 2.24. The van der Waals surface area contributed by atoms with Crippen LogP contribution in [-0.4, -0.2) is 25.8 Å². The molecule has 86 valence electrons. The van der Waals surface area contributed by atoms with Gasteiger partial charge in [0.2, 0.25) is 0 Å². The molecule has 0 aromatic rings. The third-order valence-corrected chi connectivity index (χ3v) is 3.55. The molecule has 0 heterocycles. The van der Waals surface area contributed by atoms with Gasteiger partial charge in [-0.2, -0.15) is 5.26 Å². The van der Waals surface area contributed by atoms with Gasteiger partial charge in [0.25, 0.3) is 0 Å². The highest BCUT2D eigenvalue weighted by Gasteiger charge is 2.25. The SMILES string of the molecule is CNC(C#N)COC1CCC(C)C(C)C1.